The predicted octanol–water partition coefficient (Wildman–Crippen LogP) is 2.22. The summed E-state index contributed by atoms with van der Waals surface area (Å²) in [6.45, 7) is 5.78. The number of Topliss-reactive ketones (excluding diaryl/α,β-unsaturated/α-hetero) is 2. The highest BCUT2D eigenvalue weighted by Crippen LogP contribution is 2.41. The Balaban J connectivity index is 0.00000230. The molecule has 440 valence electrons. The molecule has 1 aromatic heterocycles. The first-order valence-electron chi connectivity index (χ1n) is 24.9. The minimum atomic E-state index is -5.08. The number of nitrogens with one attached hydrogen (secondary N) is 4. The Morgan fingerprint density at radius 2 is 1.40 bits per heavy atom. The number of carboxylic acids is 2. The number of aliphatic hydroxyl groups excluding tert-OH is 1. The standard InChI is InChI=1S/C51H62F2N8O13.C2HF3O2/c1-29(56-30(2)63)41(65)21-32(22-46(70)71)48(72)58-39(24-42(54)66)50(74)57-38(49(73)55-18-9-12-35(64)27-61-43(67)15-16-44(61)68)17-19-60(45(69)28-62)47(51(3,4)5)40-20-33(36-23-34(52)13-14-37(36)53)26-59(40)25-31-10-7-6-8-11-31;3-2(4,5)1(6)7/h6-8,10-11,13-16,20,23,26,29,32,38-39,47,62H,9,12,17-19,21-22,24-25,27-28H2,1-5H3,(H2,54,66)(H,55,73)(H,56,63)(H,57,74)(H,58,72)(H,70,71);(H,6,7)/t29-,32+,38-,39-,47-;/m0./s1. The Labute approximate surface area is 460 Å². The Kier molecular flexibility index (Phi) is 24.7. The smallest absolute Gasteiger partial charge is 0.481 e. The summed E-state index contributed by atoms with van der Waals surface area (Å²) in [6, 6.07) is 7.95. The molecule has 8 amide bonds. The number of rotatable bonds is 28. The van der Waals surface area contributed by atoms with Gasteiger partial charge in [0.15, 0.2) is 11.6 Å². The SMILES string of the molecule is CC(=O)N[C@@H](C)C(=O)C[C@H](CC(=O)O)C(=O)N[C@@H](CC(N)=O)C(=O)N[C@@H](CCN(C(=O)CO)[C@@H](c1cc(-c2cc(F)ccc2F)cn1Cc1ccccc1)C(C)(C)C)C(=O)NCCCC(=O)CN1C(=O)C=CC1=O.O=C(O)C(F)(F)F. The number of primary amides is 1. The van der Waals surface area contributed by atoms with E-state index < -0.39 is 169 Å². The highest BCUT2D eigenvalue weighted by atomic mass is 19.4. The van der Waals surface area contributed by atoms with Gasteiger partial charge in [-0.2, -0.15) is 13.2 Å². The van der Waals surface area contributed by atoms with E-state index in [0.717, 1.165) is 47.7 Å². The Morgan fingerprint density at radius 3 is 1.94 bits per heavy atom. The van der Waals surface area contributed by atoms with Gasteiger partial charge in [-0.1, -0.05) is 51.1 Å². The van der Waals surface area contributed by atoms with Crippen LogP contribution in [-0.4, -0.2) is 151 Å². The summed E-state index contributed by atoms with van der Waals surface area (Å²) in [7, 11) is 0. The third-order valence-electron chi connectivity index (χ3n) is 12.1. The predicted molar refractivity (Wildman–Crippen MR) is 274 cm³/mol. The molecule has 0 bridgehead atoms. The number of alkyl halides is 3. The van der Waals surface area contributed by atoms with E-state index in [1.54, 1.807) is 55.8 Å². The number of amides is 8. The summed E-state index contributed by atoms with van der Waals surface area (Å²) in [5.74, 6) is -15.7. The number of hydrogen-bond acceptors (Lipinski definition) is 13. The molecule has 4 rings (SSSR count). The minimum Gasteiger partial charge on any atom is -0.481 e. The number of hydrogen-bond donors (Lipinski definition) is 8. The van der Waals surface area contributed by atoms with Crippen LogP contribution in [-0.2, 0) is 64.1 Å². The van der Waals surface area contributed by atoms with Crippen molar-refractivity contribution in [1.82, 2.24) is 35.6 Å². The number of halogens is 5. The molecule has 81 heavy (non-hydrogen) atoms. The fourth-order valence-corrected chi connectivity index (χ4v) is 8.35. The topological polar surface area (TPSA) is 351 Å². The number of aromatic nitrogens is 1. The average molecular weight is 1150 g/mol. The van der Waals surface area contributed by atoms with Crippen molar-refractivity contribution >= 4 is 70.8 Å². The molecule has 0 saturated carbocycles. The first-order valence-corrected chi connectivity index (χ1v) is 24.9. The van der Waals surface area contributed by atoms with E-state index in [2.05, 4.69) is 21.3 Å². The highest BCUT2D eigenvalue weighted by Gasteiger charge is 2.40. The lowest BCUT2D eigenvalue weighted by atomic mass is 9.82. The van der Waals surface area contributed by atoms with Crippen molar-refractivity contribution in [3.05, 3.63) is 95.8 Å². The minimum absolute atomic E-state index is 0.0205. The summed E-state index contributed by atoms with van der Waals surface area (Å²) < 4.78 is 63.4. The maximum atomic E-state index is 15.4. The molecule has 2 heterocycles. The molecule has 2 aromatic carbocycles. The lowest BCUT2D eigenvalue weighted by Crippen LogP contribution is -2.56. The first-order chi connectivity index (χ1) is 37.7. The third-order valence-corrected chi connectivity index (χ3v) is 12.1. The number of aliphatic hydroxyl groups is 1. The van der Waals surface area contributed by atoms with E-state index in [4.69, 9.17) is 15.6 Å². The molecule has 9 N–H and O–H groups in total. The van der Waals surface area contributed by atoms with E-state index in [-0.39, 0.29) is 37.1 Å². The molecule has 28 heteroatoms. The molecule has 0 radical (unpaired) electrons. The summed E-state index contributed by atoms with van der Waals surface area (Å²) in [4.78, 5) is 152. The molecule has 0 aliphatic carbocycles. The van der Waals surface area contributed by atoms with Gasteiger partial charge in [0.1, 0.15) is 30.3 Å². The summed E-state index contributed by atoms with van der Waals surface area (Å²) in [5.41, 5.74) is 5.89. The largest absolute Gasteiger partial charge is 0.490 e. The van der Waals surface area contributed by atoms with Crippen LogP contribution in [0.1, 0.15) is 90.4 Å². The van der Waals surface area contributed by atoms with Gasteiger partial charge in [0.25, 0.3) is 11.8 Å². The van der Waals surface area contributed by atoms with Crippen LogP contribution in [0.5, 0.6) is 0 Å². The summed E-state index contributed by atoms with van der Waals surface area (Å²) >= 11 is 0. The number of carbonyl (C=O) groups is 12. The van der Waals surface area contributed by atoms with Crippen LogP contribution in [0.25, 0.3) is 11.1 Å². The maximum Gasteiger partial charge on any atom is 0.490 e. The van der Waals surface area contributed by atoms with Gasteiger partial charge in [0.05, 0.1) is 37.4 Å². The number of nitrogens with zero attached hydrogens (tertiary/aromatic N) is 3. The van der Waals surface area contributed by atoms with Gasteiger partial charge >= 0.3 is 18.1 Å². The van der Waals surface area contributed by atoms with E-state index >= 15 is 4.39 Å². The van der Waals surface area contributed by atoms with Crippen LogP contribution in [0.2, 0.25) is 0 Å². The zero-order valence-electron chi connectivity index (χ0n) is 44.6. The molecule has 1 aliphatic rings. The van der Waals surface area contributed by atoms with Crippen LogP contribution >= 0.6 is 0 Å². The van der Waals surface area contributed by atoms with Crippen LogP contribution in [0.3, 0.4) is 0 Å². The average Bonchev–Trinajstić information content (AvgIpc) is 3.92. The molecular weight excluding hydrogens is 1080 g/mol. The molecule has 0 saturated heterocycles. The number of carboxylic acid groups (broad SMARTS) is 2. The van der Waals surface area contributed by atoms with Gasteiger partial charge in [-0.15, -0.1) is 0 Å². The van der Waals surface area contributed by atoms with Gasteiger partial charge in [-0.25, -0.2) is 13.6 Å². The van der Waals surface area contributed by atoms with Gasteiger partial charge in [0.2, 0.25) is 35.4 Å². The molecule has 0 spiro atoms. The van der Waals surface area contributed by atoms with Crippen molar-refractivity contribution in [2.75, 3.05) is 26.2 Å². The van der Waals surface area contributed by atoms with Crippen molar-refractivity contribution in [1.29, 1.82) is 0 Å². The van der Waals surface area contributed by atoms with Crippen LogP contribution in [0, 0.1) is 23.0 Å². The highest BCUT2D eigenvalue weighted by molar-refractivity contribution is 6.14. The van der Waals surface area contributed by atoms with Crippen molar-refractivity contribution in [3.8, 4) is 11.1 Å². The number of nitrogens with two attached hydrogens (primary N) is 1. The Morgan fingerprint density at radius 1 is 0.790 bits per heavy atom. The quantitative estimate of drug-likeness (QED) is 0.0294. The fraction of sp³-hybridized carbons (Fsp3) is 0.434. The second-order valence-electron chi connectivity index (χ2n) is 19.7. The van der Waals surface area contributed by atoms with Crippen LogP contribution in [0.4, 0.5) is 22.0 Å². The maximum absolute atomic E-state index is 15.4. The Hall–Kier alpha value is -8.69. The monoisotopic (exact) mass is 1150 g/mol. The van der Waals surface area contributed by atoms with Gasteiger partial charge in [0, 0.05) is 74.6 Å². The van der Waals surface area contributed by atoms with Crippen molar-refractivity contribution in [3.63, 3.8) is 0 Å². The number of carbonyl (C=O) groups excluding carboxylic acids is 10. The lowest BCUT2D eigenvalue weighted by Gasteiger charge is -2.41. The second-order valence-corrected chi connectivity index (χ2v) is 19.7. The molecule has 3 aromatic rings. The molecule has 23 nitrogen and oxygen atoms in total. The third kappa shape index (κ3) is 21.1. The zero-order chi connectivity index (χ0) is 61.1. The van der Waals surface area contributed by atoms with Crippen molar-refractivity contribution < 1.29 is 94.8 Å². The molecule has 1 aliphatic heterocycles. The van der Waals surface area contributed by atoms with Crippen molar-refractivity contribution in [2.45, 2.75) is 110 Å². The summed E-state index contributed by atoms with van der Waals surface area (Å²) in [5, 5.41) is 36.8. The molecule has 0 fully saturated rings. The van der Waals surface area contributed by atoms with Crippen molar-refractivity contribution in [2.24, 2.45) is 17.1 Å². The van der Waals surface area contributed by atoms with E-state index in [9.17, 15) is 80.5 Å². The zero-order valence-corrected chi connectivity index (χ0v) is 44.6. The van der Waals surface area contributed by atoms with E-state index in [1.807, 2.05) is 12.1 Å². The number of benzene rings is 2. The normalized spacial score (nSPS) is 14.0. The number of ketones is 2. The molecule has 5 atom stereocenters. The van der Waals surface area contributed by atoms with Crippen LogP contribution < -0.4 is 27.0 Å². The first kappa shape index (κ1) is 66.6. The fourth-order valence-electron chi connectivity index (χ4n) is 8.35. The number of imide groups is 1. The van der Waals surface area contributed by atoms with Gasteiger partial charge in [-0.3, -0.25) is 57.6 Å². The van der Waals surface area contributed by atoms with Gasteiger partial charge < -0.3 is 51.8 Å². The summed E-state index contributed by atoms with van der Waals surface area (Å²) in [6.07, 6.45) is -4.65. The van der Waals surface area contributed by atoms with E-state index in [1.165, 1.54) is 11.8 Å². The second kappa shape index (κ2) is 30.1. The Bertz CT molecular complexity index is 2850. The van der Waals surface area contributed by atoms with Crippen LogP contribution in [0.15, 0.2) is 72.9 Å². The molecule has 0 unspecified atom stereocenters. The van der Waals surface area contributed by atoms with E-state index in [0.29, 0.717) is 5.69 Å². The lowest BCUT2D eigenvalue weighted by molar-refractivity contribution is -0.192. The van der Waals surface area contributed by atoms with Gasteiger partial charge in [-0.05, 0) is 55.0 Å². The molecular formula is C53H63F5N8O15. The number of aliphatic carboxylic acids is 2.